The third-order valence-corrected chi connectivity index (χ3v) is 3.98. The minimum Gasteiger partial charge on any atom is -0.343 e. The molecule has 1 aliphatic carbocycles. The van der Waals surface area contributed by atoms with E-state index in [1.807, 2.05) is 18.7 Å². The van der Waals surface area contributed by atoms with Crippen molar-refractivity contribution in [3.8, 4) is 0 Å². The SMILES string of the molecule is CCC1NC(=O)C(C2CC2)N(C(C)CC)C1=O. The molecular weight excluding hydrogens is 216 g/mol. The van der Waals surface area contributed by atoms with Crippen molar-refractivity contribution in [2.24, 2.45) is 5.92 Å². The van der Waals surface area contributed by atoms with Crippen LogP contribution in [0, 0.1) is 5.92 Å². The van der Waals surface area contributed by atoms with Gasteiger partial charge in [0.25, 0.3) is 0 Å². The summed E-state index contributed by atoms with van der Waals surface area (Å²) in [6.07, 6.45) is 3.73. The Morgan fingerprint density at radius 2 is 2.00 bits per heavy atom. The van der Waals surface area contributed by atoms with E-state index in [2.05, 4.69) is 12.2 Å². The molecule has 0 radical (unpaired) electrons. The Kier molecular flexibility index (Phi) is 3.40. The van der Waals surface area contributed by atoms with Gasteiger partial charge in [0.2, 0.25) is 11.8 Å². The summed E-state index contributed by atoms with van der Waals surface area (Å²) in [5.74, 6) is 0.559. The average Bonchev–Trinajstić information content (AvgIpc) is 3.14. The summed E-state index contributed by atoms with van der Waals surface area (Å²) < 4.78 is 0. The van der Waals surface area contributed by atoms with Crippen LogP contribution in [0.3, 0.4) is 0 Å². The van der Waals surface area contributed by atoms with E-state index in [-0.39, 0.29) is 29.9 Å². The van der Waals surface area contributed by atoms with Crippen LogP contribution in [0.1, 0.15) is 46.5 Å². The van der Waals surface area contributed by atoms with Crippen LogP contribution in [0.2, 0.25) is 0 Å². The zero-order valence-corrected chi connectivity index (χ0v) is 10.9. The molecule has 1 aliphatic heterocycles. The van der Waals surface area contributed by atoms with Crippen molar-refractivity contribution < 1.29 is 9.59 Å². The van der Waals surface area contributed by atoms with Gasteiger partial charge in [0.1, 0.15) is 12.1 Å². The molecule has 3 atom stereocenters. The smallest absolute Gasteiger partial charge is 0.246 e. The fourth-order valence-electron chi connectivity index (χ4n) is 2.58. The molecule has 4 heteroatoms. The standard InChI is InChI=1S/C13H22N2O2/c1-4-8(3)15-11(9-6-7-9)12(16)14-10(5-2)13(15)17/h8-11H,4-7H2,1-3H3,(H,14,16). The minimum atomic E-state index is -0.313. The first-order chi connectivity index (χ1) is 8.10. The fraction of sp³-hybridized carbons (Fsp3) is 0.846. The summed E-state index contributed by atoms with van der Waals surface area (Å²) in [4.78, 5) is 26.3. The highest BCUT2D eigenvalue weighted by atomic mass is 16.2. The van der Waals surface area contributed by atoms with E-state index >= 15 is 0 Å². The van der Waals surface area contributed by atoms with E-state index in [0.717, 1.165) is 19.3 Å². The van der Waals surface area contributed by atoms with Gasteiger partial charge in [-0.1, -0.05) is 13.8 Å². The number of rotatable bonds is 4. The van der Waals surface area contributed by atoms with Crippen LogP contribution < -0.4 is 5.32 Å². The van der Waals surface area contributed by atoms with Gasteiger partial charge in [-0.15, -0.1) is 0 Å². The normalized spacial score (nSPS) is 31.4. The Hall–Kier alpha value is -1.06. The molecule has 4 nitrogen and oxygen atoms in total. The third kappa shape index (κ3) is 2.17. The first-order valence-electron chi connectivity index (χ1n) is 6.72. The number of nitrogens with zero attached hydrogens (tertiary/aromatic N) is 1. The lowest BCUT2D eigenvalue weighted by Crippen LogP contribution is -2.65. The Morgan fingerprint density at radius 1 is 1.35 bits per heavy atom. The molecule has 0 aromatic carbocycles. The first-order valence-corrected chi connectivity index (χ1v) is 6.72. The number of amides is 2. The molecular formula is C13H22N2O2. The van der Waals surface area contributed by atoms with Gasteiger partial charge in [0.15, 0.2) is 0 Å². The highest BCUT2D eigenvalue weighted by molar-refractivity contribution is 5.97. The molecule has 0 aromatic rings. The Bertz CT molecular complexity index is 325. The third-order valence-electron chi connectivity index (χ3n) is 3.98. The van der Waals surface area contributed by atoms with Crippen LogP contribution in [0.25, 0.3) is 0 Å². The maximum Gasteiger partial charge on any atom is 0.246 e. The number of hydrogen-bond donors (Lipinski definition) is 1. The summed E-state index contributed by atoms with van der Waals surface area (Å²) in [6.45, 7) is 6.04. The number of piperazine rings is 1. The monoisotopic (exact) mass is 238 g/mol. The average molecular weight is 238 g/mol. The number of carbonyl (C=O) groups excluding carboxylic acids is 2. The molecule has 3 unspecified atom stereocenters. The summed E-state index contributed by atoms with van der Waals surface area (Å²) in [5.41, 5.74) is 0. The van der Waals surface area contributed by atoms with Crippen molar-refractivity contribution in [1.29, 1.82) is 0 Å². The van der Waals surface area contributed by atoms with Crippen LogP contribution in [0.5, 0.6) is 0 Å². The molecule has 2 fully saturated rings. The Morgan fingerprint density at radius 3 is 2.47 bits per heavy atom. The topological polar surface area (TPSA) is 49.4 Å². The molecule has 0 bridgehead atoms. The lowest BCUT2D eigenvalue weighted by Gasteiger charge is -2.42. The quantitative estimate of drug-likeness (QED) is 0.802. The molecule has 2 amide bonds. The van der Waals surface area contributed by atoms with E-state index in [0.29, 0.717) is 12.3 Å². The molecule has 0 spiro atoms. The van der Waals surface area contributed by atoms with Crippen LogP contribution in [0.4, 0.5) is 0 Å². The number of hydrogen-bond acceptors (Lipinski definition) is 2. The van der Waals surface area contributed by atoms with E-state index < -0.39 is 0 Å². The predicted molar refractivity (Wildman–Crippen MR) is 65.3 cm³/mol. The largest absolute Gasteiger partial charge is 0.343 e. The zero-order chi connectivity index (χ0) is 12.6. The summed E-state index contributed by atoms with van der Waals surface area (Å²) >= 11 is 0. The predicted octanol–water partition coefficient (Wildman–Crippen LogP) is 1.30. The number of nitrogens with one attached hydrogen (secondary N) is 1. The van der Waals surface area contributed by atoms with Crippen molar-refractivity contribution in [3.63, 3.8) is 0 Å². The Labute approximate surface area is 103 Å². The van der Waals surface area contributed by atoms with Crippen molar-refractivity contribution in [1.82, 2.24) is 10.2 Å². The second-order valence-electron chi connectivity index (χ2n) is 5.25. The van der Waals surface area contributed by atoms with Crippen LogP contribution in [-0.4, -0.2) is 34.8 Å². The van der Waals surface area contributed by atoms with Gasteiger partial charge >= 0.3 is 0 Å². The summed E-state index contributed by atoms with van der Waals surface area (Å²) in [7, 11) is 0. The van der Waals surface area contributed by atoms with Crippen molar-refractivity contribution >= 4 is 11.8 Å². The van der Waals surface area contributed by atoms with Crippen LogP contribution in [0.15, 0.2) is 0 Å². The molecule has 0 aromatic heterocycles. The number of carbonyl (C=O) groups is 2. The maximum absolute atomic E-state index is 12.4. The van der Waals surface area contributed by atoms with Gasteiger partial charge in [-0.3, -0.25) is 9.59 Å². The lowest BCUT2D eigenvalue weighted by molar-refractivity contribution is -0.153. The van der Waals surface area contributed by atoms with Crippen molar-refractivity contribution in [2.75, 3.05) is 0 Å². The molecule has 17 heavy (non-hydrogen) atoms. The van der Waals surface area contributed by atoms with Crippen LogP contribution in [-0.2, 0) is 9.59 Å². The summed E-state index contributed by atoms with van der Waals surface area (Å²) in [6, 6.07) is -0.361. The van der Waals surface area contributed by atoms with Gasteiger partial charge in [-0.25, -0.2) is 0 Å². The van der Waals surface area contributed by atoms with E-state index in [1.54, 1.807) is 0 Å². The molecule has 2 aliphatic rings. The van der Waals surface area contributed by atoms with Gasteiger partial charge in [-0.2, -0.15) is 0 Å². The van der Waals surface area contributed by atoms with Crippen LogP contribution >= 0.6 is 0 Å². The molecule has 1 saturated carbocycles. The first kappa shape index (κ1) is 12.4. The van der Waals surface area contributed by atoms with E-state index in [1.165, 1.54) is 0 Å². The van der Waals surface area contributed by atoms with Gasteiger partial charge in [0.05, 0.1) is 0 Å². The van der Waals surface area contributed by atoms with E-state index in [4.69, 9.17) is 0 Å². The second kappa shape index (κ2) is 4.67. The molecule has 1 heterocycles. The van der Waals surface area contributed by atoms with Crippen molar-refractivity contribution in [3.05, 3.63) is 0 Å². The van der Waals surface area contributed by atoms with Gasteiger partial charge < -0.3 is 10.2 Å². The molecule has 1 N–H and O–H groups in total. The lowest BCUT2D eigenvalue weighted by atomic mass is 9.99. The zero-order valence-electron chi connectivity index (χ0n) is 10.9. The highest BCUT2D eigenvalue weighted by Gasteiger charge is 2.48. The summed E-state index contributed by atoms with van der Waals surface area (Å²) in [5, 5.41) is 2.87. The van der Waals surface area contributed by atoms with Gasteiger partial charge in [0, 0.05) is 6.04 Å². The van der Waals surface area contributed by atoms with Crippen molar-refractivity contribution in [2.45, 2.75) is 64.6 Å². The minimum absolute atomic E-state index is 0.0549. The van der Waals surface area contributed by atoms with Gasteiger partial charge in [-0.05, 0) is 38.5 Å². The fourth-order valence-corrected chi connectivity index (χ4v) is 2.58. The second-order valence-corrected chi connectivity index (χ2v) is 5.25. The molecule has 1 saturated heterocycles. The molecule has 2 rings (SSSR count). The van der Waals surface area contributed by atoms with E-state index in [9.17, 15) is 9.59 Å². The highest BCUT2D eigenvalue weighted by Crippen LogP contribution is 2.38. The molecule has 96 valence electrons. The Balaban J connectivity index is 2.24. The maximum atomic E-state index is 12.4.